The average Bonchev–Trinajstić information content (AvgIpc) is 2.67. The van der Waals surface area contributed by atoms with Crippen LogP contribution in [-0.4, -0.2) is 38.8 Å². The van der Waals surface area contributed by atoms with Crippen LogP contribution in [0.2, 0.25) is 0 Å². The Balaban J connectivity index is 1.99. The summed E-state index contributed by atoms with van der Waals surface area (Å²) in [6.07, 6.45) is 0.575. The number of aromatic nitrogens is 1. The van der Waals surface area contributed by atoms with Crippen molar-refractivity contribution in [2.75, 3.05) is 18.8 Å². The maximum absolute atomic E-state index is 14.6. The third-order valence-electron chi connectivity index (χ3n) is 4.35. The Hall–Kier alpha value is -3.31. The number of rotatable bonds is 5. The van der Waals surface area contributed by atoms with E-state index in [-0.39, 0.29) is 28.9 Å². The predicted octanol–water partition coefficient (Wildman–Crippen LogP) is 2.84. The van der Waals surface area contributed by atoms with E-state index in [2.05, 4.69) is 4.98 Å². The van der Waals surface area contributed by atoms with Gasteiger partial charge in [-0.1, -0.05) is 0 Å². The molecular weight excluding hydrogens is 417 g/mol. The first-order chi connectivity index (χ1) is 14.2. The molecule has 1 unspecified atom stereocenters. The number of carbonyl (C=O) groups excluding carboxylic acids is 1. The first kappa shape index (κ1) is 21.4. The van der Waals surface area contributed by atoms with Crippen LogP contribution in [0.1, 0.15) is 16.7 Å². The molecule has 11 heteroatoms. The monoisotopic (exact) mass is 435 g/mol. The van der Waals surface area contributed by atoms with Crippen LogP contribution in [0.4, 0.5) is 15.0 Å². The summed E-state index contributed by atoms with van der Waals surface area (Å²) in [6, 6.07) is 6.00. The second-order valence-electron chi connectivity index (χ2n) is 6.57. The van der Waals surface area contributed by atoms with Crippen LogP contribution in [-0.2, 0) is 17.7 Å². The van der Waals surface area contributed by atoms with Gasteiger partial charge in [0.2, 0.25) is 0 Å². The lowest BCUT2D eigenvalue weighted by molar-refractivity contribution is 0.172. The van der Waals surface area contributed by atoms with E-state index in [4.69, 9.17) is 13.7 Å². The second-order valence-corrected chi connectivity index (χ2v) is 7.28. The van der Waals surface area contributed by atoms with Crippen LogP contribution in [0.15, 0.2) is 39.7 Å². The molecular formula is C19H18FN3O6S. The number of anilines is 1. The second kappa shape index (κ2) is 8.59. The Bertz CT molecular complexity index is 1210. The Kier molecular flexibility index (Phi) is 6.13. The summed E-state index contributed by atoms with van der Waals surface area (Å²) in [6.45, 7) is 1.70. The number of nitrogens with zero attached hydrogens (tertiary/aromatic N) is 2. The van der Waals surface area contributed by atoms with Gasteiger partial charge in [0.1, 0.15) is 11.3 Å². The molecule has 0 aliphatic rings. The topological polar surface area (TPSA) is 122 Å². The van der Waals surface area contributed by atoms with Crippen molar-refractivity contribution in [2.45, 2.75) is 13.3 Å². The number of ether oxygens (including phenoxy) is 1. The first-order valence-electron chi connectivity index (χ1n) is 8.63. The molecule has 2 N–H and O–H groups in total. The number of carbonyl (C=O) groups is 1. The van der Waals surface area contributed by atoms with Crippen molar-refractivity contribution in [1.29, 1.82) is 0 Å². The molecule has 0 saturated carbocycles. The smallest absolute Gasteiger partial charge is 0.414 e. The van der Waals surface area contributed by atoms with E-state index in [1.807, 2.05) is 4.72 Å². The molecule has 0 aliphatic heterocycles. The molecule has 0 spiro atoms. The number of amides is 1. The van der Waals surface area contributed by atoms with E-state index in [1.165, 1.54) is 37.3 Å². The number of aryl methyl sites for hydroxylation is 1. The molecule has 0 fully saturated rings. The summed E-state index contributed by atoms with van der Waals surface area (Å²) in [5.41, 5.74) is 0.445. The van der Waals surface area contributed by atoms with Gasteiger partial charge in [-0.15, -0.1) is 0 Å². The van der Waals surface area contributed by atoms with E-state index < -0.39 is 34.6 Å². The fourth-order valence-electron chi connectivity index (χ4n) is 2.80. The highest BCUT2D eigenvalue weighted by molar-refractivity contribution is 7.80. The highest BCUT2D eigenvalue weighted by Crippen LogP contribution is 2.26. The van der Waals surface area contributed by atoms with Gasteiger partial charge in [0.25, 0.3) is 11.3 Å². The van der Waals surface area contributed by atoms with Crippen molar-refractivity contribution in [2.24, 2.45) is 0 Å². The average molecular weight is 435 g/mol. The summed E-state index contributed by atoms with van der Waals surface area (Å²) in [7, 11) is 3.08. The summed E-state index contributed by atoms with van der Waals surface area (Å²) < 4.78 is 46.8. The van der Waals surface area contributed by atoms with Gasteiger partial charge < -0.3 is 14.1 Å². The van der Waals surface area contributed by atoms with Crippen LogP contribution < -0.4 is 15.1 Å². The largest absolute Gasteiger partial charge is 0.422 e. The molecule has 1 amide bonds. The minimum absolute atomic E-state index is 0.101. The van der Waals surface area contributed by atoms with Gasteiger partial charge in [-0.2, -0.15) is 0 Å². The molecule has 158 valence electrons. The van der Waals surface area contributed by atoms with Crippen LogP contribution in [0.3, 0.4) is 0 Å². The van der Waals surface area contributed by atoms with Crippen molar-refractivity contribution < 1.29 is 27.1 Å². The molecule has 9 nitrogen and oxygen atoms in total. The minimum atomic E-state index is -2.49. The van der Waals surface area contributed by atoms with E-state index in [1.54, 1.807) is 19.1 Å². The quantitative estimate of drug-likeness (QED) is 0.467. The Morgan fingerprint density at radius 2 is 2.10 bits per heavy atom. The SMILES string of the molecule is Cc1c(Cc2ccnc(NS(=O)O)c2F)c(=O)oc2cc(OC(=O)N(C)C)ccc12. The lowest BCUT2D eigenvalue weighted by Crippen LogP contribution is -2.25. The Morgan fingerprint density at radius 3 is 2.77 bits per heavy atom. The lowest BCUT2D eigenvalue weighted by atomic mass is 10.00. The normalized spacial score (nSPS) is 11.9. The standard InChI is InChI=1S/C19H18FN3O6S/c1-10-13-5-4-12(28-19(25)23(2)3)9-15(13)29-18(24)14(10)8-11-6-7-21-17(16(11)20)22-30(26)27/h4-7,9H,8H2,1-3H3,(H,21,22)(H,26,27). The molecule has 0 saturated heterocycles. The zero-order valence-corrected chi connectivity index (χ0v) is 17.1. The number of halogens is 1. The van der Waals surface area contributed by atoms with Crippen LogP contribution in [0.25, 0.3) is 11.0 Å². The van der Waals surface area contributed by atoms with Crippen LogP contribution >= 0.6 is 0 Å². The summed E-state index contributed by atoms with van der Waals surface area (Å²) in [5, 5.41) is 0.596. The number of hydrogen-bond donors (Lipinski definition) is 2. The van der Waals surface area contributed by atoms with Gasteiger partial charge in [-0.25, -0.2) is 23.2 Å². The molecule has 0 bridgehead atoms. The van der Waals surface area contributed by atoms with Crippen molar-refractivity contribution in [3.63, 3.8) is 0 Å². The number of benzene rings is 1. The van der Waals surface area contributed by atoms with Gasteiger partial charge in [0.15, 0.2) is 11.6 Å². The van der Waals surface area contributed by atoms with Crippen molar-refractivity contribution in [1.82, 2.24) is 9.88 Å². The third-order valence-corrected chi connectivity index (χ3v) is 4.72. The summed E-state index contributed by atoms with van der Waals surface area (Å²) in [4.78, 5) is 29.2. The van der Waals surface area contributed by atoms with E-state index >= 15 is 0 Å². The van der Waals surface area contributed by atoms with Gasteiger partial charge in [0, 0.05) is 43.7 Å². The molecule has 0 aliphatic carbocycles. The molecule has 3 rings (SSSR count). The number of hydrogen-bond acceptors (Lipinski definition) is 6. The Labute approximate surface area is 172 Å². The van der Waals surface area contributed by atoms with E-state index in [0.29, 0.717) is 10.9 Å². The van der Waals surface area contributed by atoms with Crippen molar-refractivity contribution >= 4 is 34.1 Å². The predicted molar refractivity (Wildman–Crippen MR) is 108 cm³/mol. The lowest BCUT2D eigenvalue weighted by Gasteiger charge is -2.12. The molecule has 1 aromatic carbocycles. The number of pyridine rings is 1. The number of nitrogens with one attached hydrogen (secondary N) is 1. The maximum Gasteiger partial charge on any atom is 0.414 e. The Morgan fingerprint density at radius 1 is 1.37 bits per heavy atom. The minimum Gasteiger partial charge on any atom is -0.422 e. The molecule has 1 atom stereocenters. The zero-order chi connectivity index (χ0) is 22.0. The fraction of sp³-hybridized carbons (Fsp3) is 0.211. The van der Waals surface area contributed by atoms with E-state index in [9.17, 15) is 18.2 Å². The molecule has 3 aromatic rings. The molecule has 2 heterocycles. The van der Waals surface area contributed by atoms with Gasteiger partial charge in [-0.05, 0) is 36.2 Å². The van der Waals surface area contributed by atoms with Crippen LogP contribution in [0, 0.1) is 12.7 Å². The fourth-order valence-corrected chi connectivity index (χ4v) is 3.11. The zero-order valence-electron chi connectivity index (χ0n) is 16.3. The van der Waals surface area contributed by atoms with E-state index in [0.717, 1.165) is 0 Å². The third kappa shape index (κ3) is 4.47. The summed E-state index contributed by atoms with van der Waals surface area (Å²) >= 11 is -2.49. The van der Waals surface area contributed by atoms with Crippen LogP contribution in [0.5, 0.6) is 5.75 Å². The number of fused-ring (bicyclic) bond motifs is 1. The van der Waals surface area contributed by atoms with Crippen molar-refractivity contribution in [3.8, 4) is 5.75 Å². The van der Waals surface area contributed by atoms with Crippen molar-refractivity contribution in [3.05, 3.63) is 63.4 Å². The molecule has 2 aromatic heterocycles. The maximum atomic E-state index is 14.6. The highest BCUT2D eigenvalue weighted by atomic mass is 32.2. The first-order valence-corrected chi connectivity index (χ1v) is 9.74. The highest BCUT2D eigenvalue weighted by Gasteiger charge is 2.17. The van der Waals surface area contributed by atoms with Gasteiger partial charge in [-0.3, -0.25) is 9.27 Å². The summed E-state index contributed by atoms with van der Waals surface area (Å²) in [5.74, 6) is -1.03. The van der Waals surface area contributed by atoms with Gasteiger partial charge >= 0.3 is 11.7 Å². The van der Waals surface area contributed by atoms with Gasteiger partial charge in [0.05, 0.1) is 0 Å². The molecule has 30 heavy (non-hydrogen) atoms. The molecule has 0 radical (unpaired) electrons.